The number of rotatable bonds is 6. The largest absolute Gasteiger partial charge is 0.491 e. The molecule has 2 N–H and O–H groups in total. The number of hydrogen-bond acceptors (Lipinski definition) is 2. The van der Waals surface area contributed by atoms with Crippen molar-refractivity contribution in [1.29, 1.82) is 0 Å². The van der Waals surface area contributed by atoms with Gasteiger partial charge in [-0.15, -0.1) is 0 Å². The van der Waals surface area contributed by atoms with Crippen LogP contribution >= 0.6 is 12.2 Å². The fourth-order valence-corrected chi connectivity index (χ4v) is 2.27. The molecule has 0 aliphatic rings. The van der Waals surface area contributed by atoms with Crippen LogP contribution in [-0.2, 0) is 12.7 Å². The minimum atomic E-state index is -4.43. The summed E-state index contributed by atoms with van der Waals surface area (Å²) >= 11 is 5.19. The molecular weight excluding hydrogens is 349 g/mol. The maximum atomic E-state index is 12.9. The second-order valence-corrected chi connectivity index (χ2v) is 5.76. The molecule has 0 spiro atoms. The molecule has 0 unspecified atom stereocenters. The van der Waals surface area contributed by atoms with Gasteiger partial charge in [-0.2, -0.15) is 13.2 Å². The maximum Gasteiger partial charge on any atom is 0.416 e. The molecule has 0 fully saturated rings. The van der Waals surface area contributed by atoms with Crippen LogP contribution in [0.5, 0.6) is 5.75 Å². The fourth-order valence-electron chi connectivity index (χ4n) is 2.09. The van der Waals surface area contributed by atoms with Gasteiger partial charge in [-0.05, 0) is 42.4 Å². The Morgan fingerprint density at radius 2 is 1.84 bits per heavy atom. The number of anilines is 1. The van der Waals surface area contributed by atoms with Crippen LogP contribution in [0.3, 0.4) is 0 Å². The Morgan fingerprint density at radius 1 is 1.12 bits per heavy atom. The third-order valence-corrected chi connectivity index (χ3v) is 3.56. The van der Waals surface area contributed by atoms with Gasteiger partial charge >= 0.3 is 6.18 Å². The molecule has 2 aromatic carbocycles. The summed E-state index contributed by atoms with van der Waals surface area (Å²) in [6.45, 7) is 2.80. The highest BCUT2D eigenvalue weighted by atomic mass is 32.1. The highest BCUT2D eigenvalue weighted by Gasteiger charge is 2.31. The Balaban J connectivity index is 2.10. The van der Waals surface area contributed by atoms with Crippen LogP contribution in [0.15, 0.2) is 48.5 Å². The molecule has 0 bridgehead atoms. The highest BCUT2D eigenvalue weighted by molar-refractivity contribution is 7.80. The zero-order valence-electron chi connectivity index (χ0n) is 13.7. The first-order valence-electron chi connectivity index (χ1n) is 7.83. The van der Waals surface area contributed by atoms with Crippen molar-refractivity contribution in [1.82, 2.24) is 5.32 Å². The molecule has 0 saturated heterocycles. The number of benzene rings is 2. The van der Waals surface area contributed by atoms with Crippen LogP contribution in [0, 0.1) is 0 Å². The number of ether oxygens (including phenoxy) is 1. The van der Waals surface area contributed by atoms with E-state index in [0.29, 0.717) is 18.9 Å². The Kier molecular flexibility index (Phi) is 6.64. The molecule has 0 atom stereocenters. The summed E-state index contributed by atoms with van der Waals surface area (Å²) in [5.41, 5.74) is 0.441. The summed E-state index contributed by atoms with van der Waals surface area (Å²) in [5.74, 6) is 0.332. The molecule has 0 aromatic heterocycles. The first kappa shape index (κ1) is 19.1. The first-order chi connectivity index (χ1) is 11.9. The van der Waals surface area contributed by atoms with E-state index in [-0.39, 0.29) is 10.8 Å². The Labute approximate surface area is 150 Å². The monoisotopic (exact) mass is 368 g/mol. The molecule has 25 heavy (non-hydrogen) atoms. The van der Waals surface area contributed by atoms with E-state index in [2.05, 4.69) is 10.6 Å². The van der Waals surface area contributed by atoms with Crippen molar-refractivity contribution < 1.29 is 17.9 Å². The van der Waals surface area contributed by atoms with E-state index in [9.17, 15) is 13.2 Å². The van der Waals surface area contributed by atoms with Crippen molar-refractivity contribution >= 4 is 23.0 Å². The second kappa shape index (κ2) is 8.71. The van der Waals surface area contributed by atoms with Gasteiger partial charge in [0.15, 0.2) is 5.11 Å². The number of nitrogens with one attached hydrogen (secondary N) is 2. The molecule has 0 amide bonds. The second-order valence-electron chi connectivity index (χ2n) is 5.35. The summed E-state index contributed by atoms with van der Waals surface area (Å²) in [6, 6.07) is 12.9. The number of thiocarbonyl (C=S) groups is 1. The van der Waals surface area contributed by atoms with Crippen molar-refractivity contribution in [3.8, 4) is 5.75 Å². The Bertz CT molecular complexity index is 705. The summed E-state index contributed by atoms with van der Waals surface area (Å²) in [4.78, 5) is 0. The summed E-state index contributed by atoms with van der Waals surface area (Å²) < 4.78 is 44.3. The van der Waals surface area contributed by atoms with Crippen LogP contribution in [0.2, 0.25) is 0 Å². The van der Waals surface area contributed by atoms with E-state index in [1.807, 2.05) is 37.3 Å². The molecule has 0 saturated carbocycles. The topological polar surface area (TPSA) is 33.3 Å². The van der Waals surface area contributed by atoms with Crippen LogP contribution in [-0.4, -0.2) is 11.7 Å². The molecule has 134 valence electrons. The molecule has 7 heteroatoms. The lowest BCUT2D eigenvalue weighted by molar-refractivity contribution is -0.137. The average Bonchev–Trinajstić information content (AvgIpc) is 2.59. The van der Waals surface area contributed by atoms with Gasteiger partial charge in [-0.1, -0.05) is 37.3 Å². The minimum Gasteiger partial charge on any atom is -0.491 e. The Hall–Kier alpha value is -2.28. The molecule has 0 heterocycles. The van der Waals surface area contributed by atoms with Crippen molar-refractivity contribution in [2.24, 2.45) is 0 Å². The predicted molar refractivity (Wildman–Crippen MR) is 96.7 cm³/mol. The molecule has 3 nitrogen and oxygen atoms in total. The lowest BCUT2D eigenvalue weighted by Crippen LogP contribution is -2.28. The van der Waals surface area contributed by atoms with Crippen LogP contribution < -0.4 is 15.4 Å². The van der Waals surface area contributed by atoms with Gasteiger partial charge < -0.3 is 15.4 Å². The standard InChI is InChI=1S/C18H19F3N2OS/c1-2-10-24-16-9-8-14(18(19,20)21)11-15(16)23-17(25)22-12-13-6-4-3-5-7-13/h3-9,11H,2,10,12H2,1H3,(H2,22,23,25). The van der Waals surface area contributed by atoms with Gasteiger partial charge in [0.05, 0.1) is 17.9 Å². The van der Waals surface area contributed by atoms with Crippen molar-refractivity contribution in [2.75, 3.05) is 11.9 Å². The van der Waals surface area contributed by atoms with E-state index in [1.165, 1.54) is 6.07 Å². The lowest BCUT2D eigenvalue weighted by Gasteiger charge is -2.17. The predicted octanol–water partition coefficient (Wildman–Crippen LogP) is 4.98. The quantitative estimate of drug-likeness (QED) is 0.705. The van der Waals surface area contributed by atoms with Crippen LogP contribution in [0.25, 0.3) is 0 Å². The lowest BCUT2D eigenvalue weighted by atomic mass is 10.2. The fraction of sp³-hybridized carbons (Fsp3) is 0.278. The molecule has 2 rings (SSSR count). The highest BCUT2D eigenvalue weighted by Crippen LogP contribution is 2.35. The zero-order valence-corrected chi connectivity index (χ0v) is 14.5. The number of alkyl halides is 3. The van der Waals surface area contributed by atoms with Crippen molar-refractivity contribution in [3.63, 3.8) is 0 Å². The van der Waals surface area contributed by atoms with Gasteiger partial charge in [-0.3, -0.25) is 0 Å². The number of halogens is 3. The smallest absolute Gasteiger partial charge is 0.416 e. The van der Waals surface area contributed by atoms with E-state index >= 15 is 0 Å². The van der Waals surface area contributed by atoms with Crippen molar-refractivity contribution in [2.45, 2.75) is 26.1 Å². The van der Waals surface area contributed by atoms with Crippen LogP contribution in [0.4, 0.5) is 18.9 Å². The van der Waals surface area contributed by atoms with Gasteiger partial charge in [0.1, 0.15) is 5.75 Å². The normalized spacial score (nSPS) is 11.0. The molecule has 2 aromatic rings. The summed E-state index contributed by atoms with van der Waals surface area (Å²) in [6.07, 6.45) is -3.68. The SMILES string of the molecule is CCCOc1ccc(C(F)(F)F)cc1NC(=S)NCc1ccccc1. The van der Waals surface area contributed by atoms with Crippen molar-refractivity contribution in [3.05, 3.63) is 59.7 Å². The Morgan fingerprint density at radius 3 is 2.48 bits per heavy atom. The third-order valence-electron chi connectivity index (χ3n) is 3.31. The minimum absolute atomic E-state index is 0.189. The van der Waals surface area contributed by atoms with Gasteiger partial charge in [0.2, 0.25) is 0 Å². The van der Waals surface area contributed by atoms with Gasteiger partial charge in [0, 0.05) is 6.54 Å². The van der Waals surface area contributed by atoms with E-state index in [0.717, 1.165) is 24.1 Å². The molecule has 0 aliphatic heterocycles. The van der Waals surface area contributed by atoms with E-state index in [4.69, 9.17) is 17.0 Å². The van der Waals surface area contributed by atoms with E-state index < -0.39 is 11.7 Å². The molecule has 0 aliphatic carbocycles. The third kappa shape index (κ3) is 5.94. The average molecular weight is 368 g/mol. The van der Waals surface area contributed by atoms with E-state index in [1.54, 1.807) is 0 Å². The zero-order chi connectivity index (χ0) is 18.3. The van der Waals surface area contributed by atoms with Gasteiger partial charge in [0.25, 0.3) is 0 Å². The summed E-state index contributed by atoms with van der Waals surface area (Å²) in [5, 5.41) is 6.00. The number of hydrogen-bond donors (Lipinski definition) is 2. The maximum absolute atomic E-state index is 12.9. The molecule has 0 radical (unpaired) electrons. The first-order valence-corrected chi connectivity index (χ1v) is 8.24. The van der Waals surface area contributed by atoms with Gasteiger partial charge in [-0.25, -0.2) is 0 Å². The van der Waals surface area contributed by atoms with Crippen LogP contribution in [0.1, 0.15) is 24.5 Å². The summed E-state index contributed by atoms with van der Waals surface area (Å²) in [7, 11) is 0. The molecular formula is C18H19F3N2OS.